The van der Waals surface area contributed by atoms with Gasteiger partial charge in [0.05, 0.1) is 18.5 Å². The molecule has 0 radical (unpaired) electrons. The number of fused-ring (bicyclic) bond motifs is 1. The Bertz CT molecular complexity index is 738. The molecule has 1 aromatic carbocycles. The number of benzene rings is 1. The maximum atomic E-state index is 12.1. The molecule has 1 unspecified atom stereocenters. The summed E-state index contributed by atoms with van der Waals surface area (Å²) in [5.74, 6) is -0.0888. The number of hydrogen-bond acceptors (Lipinski definition) is 5. The Balaban J connectivity index is 1.41. The zero-order chi connectivity index (χ0) is 17.6. The van der Waals surface area contributed by atoms with Crippen LogP contribution in [0.15, 0.2) is 36.7 Å². The summed E-state index contributed by atoms with van der Waals surface area (Å²) in [7, 11) is 0. The summed E-state index contributed by atoms with van der Waals surface area (Å²) in [5.41, 5.74) is 3.03. The van der Waals surface area contributed by atoms with Gasteiger partial charge in [0, 0.05) is 26.1 Å². The minimum Gasteiger partial charge on any atom is -0.392 e. The molecule has 2 aromatic rings. The molecule has 0 aliphatic carbocycles. The van der Waals surface area contributed by atoms with Gasteiger partial charge >= 0.3 is 0 Å². The van der Waals surface area contributed by atoms with Crippen molar-refractivity contribution < 1.29 is 9.90 Å². The second kappa shape index (κ2) is 8.52. The second-order valence-corrected chi connectivity index (χ2v) is 6.84. The third-order valence-electron chi connectivity index (χ3n) is 4.51. The molecule has 1 aromatic heterocycles. The molecule has 0 saturated carbocycles. The highest BCUT2D eigenvalue weighted by atomic mass is 35.5. The van der Waals surface area contributed by atoms with Crippen molar-refractivity contribution in [1.82, 2.24) is 14.9 Å². The van der Waals surface area contributed by atoms with E-state index in [2.05, 4.69) is 39.1 Å². The van der Waals surface area contributed by atoms with Crippen molar-refractivity contribution in [2.45, 2.75) is 38.3 Å². The van der Waals surface area contributed by atoms with Crippen LogP contribution in [0.4, 0.5) is 0 Å². The first-order valence-electron chi connectivity index (χ1n) is 8.60. The van der Waals surface area contributed by atoms with Crippen molar-refractivity contribution in [3.05, 3.63) is 58.6 Å². The normalized spacial score (nSPS) is 15.6. The van der Waals surface area contributed by atoms with E-state index in [4.69, 9.17) is 11.6 Å². The van der Waals surface area contributed by atoms with E-state index in [1.165, 1.54) is 23.5 Å². The number of halogens is 1. The molecule has 5 nitrogen and oxygen atoms in total. The predicted octanol–water partition coefficient (Wildman–Crippen LogP) is 2.90. The second-order valence-electron chi connectivity index (χ2n) is 6.45. The summed E-state index contributed by atoms with van der Waals surface area (Å²) in [6, 6.07) is 8.46. The average Bonchev–Trinajstić information content (AvgIpc) is 2.61. The quantitative estimate of drug-likeness (QED) is 0.770. The molecule has 0 spiro atoms. The number of aliphatic hydroxyl groups is 1. The molecule has 1 aliphatic rings. The fourth-order valence-corrected chi connectivity index (χ4v) is 3.35. The minimum atomic E-state index is -0.427. The van der Waals surface area contributed by atoms with Crippen LogP contribution < -0.4 is 0 Å². The number of hydrogen-bond donors (Lipinski definition) is 1. The molecule has 132 valence electrons. The Morgan fingerprint density at radius 3 is 2.88 bits per heavy atom. The molecular weight excluding hydrogens is 338 g/mol. The third-order valence-corrected chi connectivity index (χ3v) is 4.69. The van der Waals surface area contributed by atoms with Crippen LogP contribution in [0, 0.1) is 0 Å². The Morgan fingerprint density at radius 2 is 2.08 bits per heavy atom. The lowest BCUT2D eigenvalue weighted by atomic mass is 9.99. The first-order valence-corrected chi connectivity index (χ1v) is 8.97. The molecule has 0 amide bonds. The van der Waals surface area contributed by atoms with E-state index in [1.807, 2.05) is 0 Å². The minimum absolute atomic E-state index is 0.0888. The van der Waals surface area contributed by atoms with Crippen molar-refractivity contribution in [2.24, 2.45) is 0 Å². The summed E-state index contributed by atoms with van der Waals surface area (Å²) < 4.78 is 0. The summed E-state index contributed by atoms with van der Waals surface area (Å²) in [6.07, 6.45) is 4.98. The van der Waals surface area contributed by atoms with Crippen LogP contribution in [0.1, 0.15) is 40.9 Å². The summed E-state index contributed by atoms with van der Waals surface area (Å²) in [6.45, 7) is 2.48. The number of Topliss-reactive ketones (excluding diaryl/α,β-unsaturated/α-hetero) is 1. The van der Waals surface area contributed by atoms with Crippen LogP contribution in [0.25, 0.3) is 0 Å². The van der Waals surface area contributed by atoms with Crippen LogP contribution in [-0.2, 0) is 13.0 Å². The number of β-amino-alcohol motifs (C(OH)–C–C–N with tert-alkyl or cyclic N) is 1. The zero-order valence-corrected chi connectivity index (χ0v) is 14.8. The van der Waals surface area contributed by atoms with Gasteiger partial charge in [0.25, 0.3) is 0 Å². The van der Waals surface area contributed by atoms with Gasteiger partial charge in [-0.3, -0.25) is 14.7 Å². The van der Waals surface area contributed by atoms with E-state index in [9.17, 15) is 9.90 Å². The molecule has 2 heterocycles. The van der Waals surface area contributed by atoms with Crippen LogP contribution in [0.2, 0.25) is 5.15 Å². The number of rotatable bonds is 7. The zero-order valence-electron chi connectivity index (χ0n) is 14.1. The Kier molecular flexibility index (Phi) is 6.13. The van der Waals surface area contributed by atoms with Gasteiger partial charge in [0.15, 0.2) is 5.78 Å². The van der Waals surface area contributed by atoms with Gasteiger partial charge in [0.2, 0.25) is 0 Å². The summed E-state index contributed by atoms with van der Waals surface area (Å²) >= 11 is 5.75. The number of nitrogens with zero attached hydrogens (tertiary/aromatic N) is 3. The highest BCUT2D eigenvalue weighted by Crippen LogP contribution is 2.19. The van der Waals surface area contributed by atoms with Gasteiger partial charge in [-0.1, -0.05) is 35.9 Å². The Labute approximate surface area is 152 Å². The van der Waals surface area contributed by atoms with Crippen molar-refractivity contribution in [2.75, 3.05) is 13.1 Å². The van der Waals surface area contributed by atoms with E-state index in [0.717, 1.165) is 19.5 Å². The van der Waals surface area contributed by atoms with Crippen LogP contribution in [0.5, 0.6) is 0 Å². The Morgan fingerprint density at radius 1 is 1.28 bits per heavy atom. The van der Waals surface area contributed by atoms with E-state index in [-0.39, 0.29) is 16.6 Å². The van der Waals surface area contributed by atoms with Gasteiger partial charge < -0.3 is 5.11 Å². The van der Waals surface area contributed by atoms with Crippen molar-refractivity contribution in [1.29, 1.82) is 0 Å². The largest absolute Gasteiger partial charge is 0.392 e. The van der Waals surface area contributed by atoms with Crippen molar-refractivity contribution in [3.8, 4) is 0 Å². The first kappa shape index (κ1) is 18.0. The Hall–Kier alpha value is -1.82. The van der Waals surface area contributed by atoms with Crippen molar-refractivity contribution in [3.63, 3.8) is 0 Å². The lowest BCUT2D eigenvalue weighted by Gasteiger charge is -2.30. The highest BCUT2D eigenvalue weighted by molar-refractivity contribution is 6.29. The molecule has 6 heteroatoms. The van der Waals surface area contributed by atoms with Gasteiger partial charge in [-0.25, -0.2) is 4.98 Å². The molecule has 0 fully saturated rings. The standard InChI is InChI=1S/C19H22ClN3O2/c20-19-11-21-10-17(22-19)18(25)7-3-6-16(24)13-23-9-8-14-4-1-2-5-15(14)12-23/h1-2,4-5,10-11,16,24H,3,6-9,12-13H2. The van der Waals surface area contributed by atoms with E-state index >= 15 is 0 Å². The maximum Gasteiger partial charge on any atom is 0.182 e. The lowest BCUT2D eigenvalue weighted by molar-refractivity contribution is 0.0898. The first-order chi connectivity index (χ1) is 12.1. The van der Waals surface area contributed by atoms with E-state index in [0.29, 0.717) is 25.8 Å². The van der Waals surface area contributed by atoms with Gasteiger partial charge in [-0.15, -0.1) is 0 Å². The molecule has 1 N–H and O–H groups in total. The number of carbonyl (C=O) groups is 1. The van der Waals surface area contributed by atoms with Crippen LogP contribution in [0.3, 0.4) is 0 Å². The average molecular weight is 360 g/mol. The molecule has 1 atom stereocenters. The SMILES string of the molecule is O=C(CCCC(O)CN1CCc2ccccc2C1)c1cncc(Cl)n1. The lowest BCUT2D eigenvalue weighted by Crippen LogP contribution is -2.36. The fourth-order valence-electron chi connectivity index (χ4n) is 3.20. The predicted molar refractivity (Wildman–Crippen MR) is 96.7 cm³/mol. The van der Waals surface area contributed by atoms with E-state index in [1.54, 1.807) is 0 Å². The number of aliphatic hydroxyl groups excluding tert-OH is 1. The van der Waals surface area contributed by atoms with Gasteiger partial charge in [0.1, 0.15) is 10.8 Å². The molecule has 0 bridgehead atoms. The van der Waals surface area contributed by atoms with Crippen LogP contribution in [-0.4, -0.2) is 45.0 Å². The maximum absolute atomic E-state index is 12.1. The monoisotopic (exact) mass is 359 g/mol. The van der Waals surface area contributed by atoms with E-state index < -0.39 is 6.10 Å². The number of aromatic nitrogens is 2. The van der Waals surface area contributed by atoms with Crippen LogP contribution >= 0.6 is 11.6 Å². The van der Waals surface area contributed by atoms with Gasteiger partial charge in [-0.2, -0.15) is 0 Å². The molecule has 1 aliphatic heterocycles. The number of ketones is 1. The molecule has 25 heavy (non-hydrogen) atoms. The molecule has 3 rings (SSSR count). The fraction of sp³-hybridized carbons (Fsp3) is 0.421. The molecular formula is C19H22ClN3O2. The third kappa shape index (κ3) is 5.08. The van der Waals surface area contributed by atoms with Crippen molar-refractivity contribution >= 4 is 17.4 Å². The topological polar surface area (TPSA) is 66.3 Å². The highest BCUT2D eigenvalue weighted by Gasteiger charge is 2.18. The van der Waals surface area contributed by atoms with Gasteiger partial charge in [-0.05, 0) is 30.4 Å². The summed E-state index contributed by atoms with van der Waals surface area (Å²) in [4.78, 5) is 22.2. The number of carbonyl (C=O) groups excluding carboxylic acids is 1. The smallest absolute Gasteiger partial charge is 0.182 e. The molecule has 0 saturated heterocycles. The summed E-state index contributed by atoms with van der Waals surface area (Å²) in [5, 5.41) is 10.5.